The summed E-state index contributed by atoms with van der Waals surface area (Å²) in [6.07, 6.45) is 0.842. The van der Waals surface area contributed by atoms with Gasteiger partial charge in [-0.25, -0.2) is 0 Å². The quantitative estimate of drug-likeness (QED) is 0.779. The van der Waals surface area contributed by atoms with Crippen molar-refractivity contribution in [1.82, 2.24) is 0 Å². The summed E-state index contributed by atoms with van der Waals surface area (Å²) in [5, 5.41) is 3.55. The van der Waals surface area contributed by atoms with Gasteiger partial charge in [-0.15, -0.1) is 0 Å². The Morgan fingerprint density at radius 3 is 2.81 bits per heavy atom. The van der Waals surface area contributed by atoms with Crippen LogP contribution < -0.4 is 19.7 Å². The normalized spacial score (nSPS) is 13.0. The zero-order chi connectivity index (χ0) is 19.4. The minimum Gasteiger partial charge on any atom is -0.482 e. The molecule has 1 N–H and O–H groups in total. The Morgan fingerprint density at radius 1 is 1.26 bits per heavy atom. The summed E-state index contributed by atoms with van der Waals surface area (Å²) in [6, 6.07) is 9.94. The highest BCUT2D eigenvalue weighted by atomic mass is 35.5. The molecule has 1 aliphatic heterocycles. The summed E-state index contributed by atoms with van der Waals surface area (Å²) in [4.78, 5) is 25.8. The molecule has 142 valence electrons. The minimum absolute atomic E-state index is 0.0113. The summed E-state index contributed by atoms with van der Waals surface area (Å²) < 4.78 is 10.9. The second kappa shape index (κ2) is 8.50. The number of halogens is 2. The Morgan fingerprint density at radius 2 is 2.07 bits per heavy atom. The summed E-state index contributed by atoms with van der Waals surface area (Å²) >= 11 is 11.8. The van der Waals surface area contributed by atoms with Crippen LogP contribution in [0.1, 0.15) is 13.3 Å². The molecule has 0 aliphatic carbocycles. The van der Waals surface area contributed by atoms with Crippen molar-refractivity contribution >= 4 is 46.4 Å². The molecular formula is C19H18Cl2N2O4. The Labute approximate surface area is 167 Å². The number of ether oxygens (including phenoxy) is 2. The molecule has 1 aliphatic rings. The molecule has 0 saturated heterocycles. The molecule has 0 aromatic heterocycles. The standard InChI is InChI=1S/C19H18Cl2N2O4/c1-2-7-23-15-5-4-13(9-17(15)27-11-19(23)25)22-18(24)10-26-16-6-3-12(20)8-14(16)21/h3-6,8-9H,2,7,10-11H2,1H3,(H,22,24). The number of benzene rings is 2. The van der Waals surface area contributed by atoms with Gasteiger partial charge < -0.3 is 19.7 Å². The molecule has 0 fully saturated rings. The Hall–Kier alpha value is -2.44. The lowest BCUT2D eigenvalue weighted by atomic mass is 10.2. The van der Waals surface area contributed by atoms with Crippen molar-refractivity contribution < 1.29 is 19.1 Å². The Bertz CT molecular complexity index is 873. The zero-order valence-electron chi connectivity index (χ0n) is 14.6. The smallest absolute Gasteiger partial charge is 0.265 e. The van der Waals surface area contributed by atoms with E-state index >= 15 is 0 Å². The third-order valence-electron chi connectivity index (χ3n) is 3.89. The first kappa shape index (κ1) is 19.3. The van der Waals surface area contributed by atoms with Gasteiger partial charge in [0.15, 0.2) is 13.2 Å². The minimum atomic E-state index is -0.349. The van der Waals surface area contributed by atoms with E-state index in [1.165, 1.54) is 0 Å². The van der Waals surface area contributed by atoms with Crippen LogP contribution in [0.15, 0.2) is 36.4 Å². The van der Waals surface area contributed by atoms with E-state index in [1.807, 2.05) is 6.92 Å². The van der Waals surface area contributed by atoms with Crippen molar-refractivity contribution in [2.24, 2.45) is 0 Å². The number of hydrogen-bond acceptors (Lipinski definition) is 4. The zero-order valence-corrected chi connectivity index (χ0v) is 16.1. The SMILES string of the molecule is CCCN1C(=O)COc2cc(NC(=O)COc3ccc(Cl)cc3Cl)ccc21. The molecule has 1 heterocycles. The van der Waals surface area contributed by atoms with Gasteiger partial charge in [0, 0.05) is 23.3 Å². The molecule has 0 unspecified atom stereocenters. The van der Waals surface area contributed by atoms with Crippen LogP contribution in [0.5, 0.6) is 11.5 Å². The van der Waals surface area contributed by atoms with E-state index in [0.717, 1.165) is 6.42 Å². The average Bonchev–Trinajstić information content (AvgIpc) is 2.63. The predicted octanol–water partition coefficient (Wildman–Crippen LogP) is 4.15. The highest BCUT2D eigenvalue weighted by Gasteiger charge is 2.25. The van der Waals surface area contributed by atoms with E-state index in [4.69, 9.17) is 32.7 Å². The van der Waals surface area contributed by atoms with E-state index in [1.54, 1.807) is 41.3 Å². The van der Waals surface area contributed by atoms with E-state index in [2.05, 4.69) is 5.32 Å². The van der Waals surface area contributed by atoms with Crippen LogP contribution in [0.25, 0.3) is 0 Å². The number of nitrogens with zero attached hydrogens (tertiary/aromatic N) is 1. The highest BCUT2D eigenvalue weighted by molar-refractivity contribution is 6.35. The number of fused-ring (bicyclic) bond motifs is 1. The Balaban J connectivity index is 1.64. The van der Waals surface area contributed by atoms with Crippen LogP contribution in [0, 0.1) is 0 Å². The fourth-order valence-electron chi connectivity index (χ4n) is 2.68. The molecule has 27 heavy (non-hydrogen) atoms. The summed E-state index contributed by atoms with van der Waals surface area (Å²) in [5.74, 6) is 0.508. The molecule has 6 nitrogen and oxygen atoms in total. The van der Waals surface area contributed by atoms with Crippen LogP contribution in [-0.4, -0.2) is 31.6 Å². The van der Waals surface area contributed by atoms with Crippen LogP contribution >= 0.6 is 23.2 Å². The first-order chi connectivity index (χ1) is 13.0. The number of rotatable bonds is 6. The molecule has 2 aromatic rings. The second-order valence-electron chi connectivity index (χ2n) is 5.93. The number of carbonyl (C=O) groups is 2. The van der Waals surface area contributed by atoms with Gasteiger partial charge in [0.05, 0.1) is 10.7 Å². The molecule has 0 spiro atoms. The van der Waals surface area contributed by atoms with Gasteiger partial charge >= 0.3 is 0 Å². The van der Waals surface area contributed by atoms with Crippen LogP contribution in [0.4, 0.5) is 11.4 Å². The van der Waals surface area contributed by atoms with Gasteiger partial charge in [-0.1, -0.05) is 30.1 Å². The molecule has 3 rings (SSSR count). The maximum Gasteiger partial charge on any atom is 0.265 e. The molecule has 2 amide bonds. The maximum absolute atomic E-state index is 12.1. The third-order valence-corrected chi connectivity index (χ3v) is 4.42. The first-order valence-corrected chi connectivity index (χ1v) is 9.18. The highest BCUT2D eigenvalue weighted by Crippen LogP contribution is 2.34. The summed E-state index contributed by atoms with van der Waals surface area (Å²) in [6.45, 7) is 2.41. The van der Waals surface area contributed by atoms with E-state index < -0.39 is 0 Å². The van der Waals surface area contributed by atoms with Crippen molar-refractivity contribution in [2.45, 2.75) is 13.3 Å². The predicted molar refractivity (Wildman–Crippen MR) is 105 cm³/mol. The van der Waals surface area contributed by atoms with Gasteiger partial charge in [0.25, 0.3) is 11.8 Å². The monoisotopic (exact) mass is 408 g/mol. The number of carbonyl (C=O) groups excluding carboxylic acids is 2. The van der Waals surface area contributed by atoms with Crippen molar-refractivity contribution in [1.29, 1.82) is 0 Å². The summed E-state index contributed by atoms with van der Waals surface area (Å²) in [5.41, 5.74) is 1.26. The fraction of sp³-hybridized carbons (Fsp3) is 0.263. The average molecular weight is 409 g/mol. The topological polar surface area (TPSA) is 67.9 Å². The van der Waals surface area contributed by atoms with Gasteiger partial charge in [-0.3, -0.25) is 9.59 Å². The first-order valence-electron chi connectivity index (χ1n) is 8.43. The summed E-state index contributed by atoms with van der Waals surface area (Å²) in [7, 11) is 0. The lowest BCUT2D eigenvalue weighted by Gasteiger charge is -2.29. The fourth-order valence-corrected chi connectivity index (χ4v) is 3.15. The van der Waals surface area contributed by atoms with Crippen LogP contribution in [0.3, 0.4) is 0 Å². The molecule has 0 bridgehead atoms. The number of nitrogens with one attached hydrogen (secondary N) is 1. The molecule has 0 radical (unpaired) electrons. The van der Waals surface area contributed by atoms with Crippen LogP contribution in [0.2, 0.25) is 10.0 Å². The molecule has 0 atom stereocenters. The van der Waals surface area contributed by atoms with Gasteiger partial charge in [-0.05, 0) is 36.8 Å². The van der Waals surface area contributed by atoms with Gasteiger partial charge in [0.1, 0.15) is 11.5 Å². The molecule has 8 heteroatoms. The lowest BCUT2D eigenvalue weighted by molar-refractivity contribution is -0.121. The maximum atomic E-state index is 12.1. The molecule has 0 saturated carbocycles. The third kappa shape index (κ3) is 4.64. The van der Waals surface area contributed by atoms with Crippen molar-refractivity contribution in [3.63, 3.8) is 0 Å². The van der Waals surface area contributed by atoms with E-state index in [9.17, 15) is 9.59 Å². The van der Waals surface area contributed by atoms with Gasteiger partial charge in [0.2, 0.25) is 0 Å². The van der Waals surface area contributed by atoms with Crippen LogP contribution in [-0.2, 0) is 9.59 Å². The van der Waals surface area contributed by atoms with Gasteiger partial charge in [-0.2, -0.15) is 0 Å². The Kier molecular flexibility index (Phi) is 6.08. The van der Waals surface area contributed by atoms with E-state index in [-0.39, 0.29) is 25.0 Å². The lowest BCUT2D eigenvalue weighted by Crippen LogP contribution is -2.39. The second-order valence-corrected chi connectivity index (χ2v) is 6.77. The van der Waals surface area contributed by atoms with Crippen molar-refractivity contribution in [2.75, 3.05) is 30.0 Å². The van der Waals surface area contributed by atoms with E-state index in [0.29, 0.717) is 39.5 Å². The molecular weight excluding hydrogens is 391 g/mol. The van der Waals surface area contributed by atoms with Crippen molar-refractivity contribution in [3.8, 4) is 11.5 Å². The largest absolute Gasteiger partial charge is 0.482 e. The number of hydrogen-bond donors (Lipinski definition) is 1. The molecule has 2 aromatic carbocycles. The number of anilines is 2. The van der Waals surface area contributed by atoms with Crippen molar-refractivity contribution in [3.05, 3.63) is 46.4 Å². The number of amides is 2.